The van der Waals surface area contributed by atoms with Gasteiger partial charge in [-0.15, -0.1) is 22.7 Å². The number of benzene rings is 2. The summed E-state index contributed by atoms with van der Waals surface area (Å²) in [6, 6.07) is 18.7. The molecule has 0 unspecified atom stereocenters. The first-order valence-electron chi connectivity index (χ1n) is 8.78. The van der Waals surface area contributed by atoms with Crippen molar-refractivity contribution >= 4 is 65.4 Å². The predicted octanol–water partition coefficient (Wildman–Crippen LogP) is 6.19. The van der Waals surface area contributed by atoms with Crippen LogP contribution in [0.2, 0.25) is 0 Å². The molecule has 2 aromatic carbocycles. The molecule has 0 fully saturated rings. The van der Waals surface area contributed by atoms with Crippen LogP contribution in [0, 0.1) is 0 Å². The monoisotopic (exact) mass is 399 g/mol. The van der Waals surface area contributed by atoms with Gasteiger partial charge in [-0.05, 0) is 47.2 Å². The third-order valence-corrected chi connectivity index (χ3v) is 6.67. The van der Waals surface area contributed by atoms with Crippen molar-refractivity contribution in [3.8, 4) is 10.7 Å². The Morgan fingerprint density at radius 1 is 0.929 bits per heavy atom. The number of aromatic nitrogens is 4. The number of anilines is 2. The molecular formula is C21H13N5S2. The van der Waals surface area contributed by atoms with Crippen LogP contribution in [0.1, 0.15) is 0 Å². The number of thiophene rings is 2. The van der Waals surface area contributed by atoms with Gasteiger partial charge in [0.25, 0.3) is 0 Å². The number of aromatic amines is 1. The molecule has 0 saturated carbocycles. The third-order valence-electron chi connectivity index (χ3n) is 4.65. The Bertz CT molecular complexity index is 1430. The highest BCUT2D eigenvalue weighted by atomic mass is 32.1. The minimum atomic E-state index is 0.749. The van der Waals surface area contributed by atoms with E-state index in [-0.39, 0.29) is 0 Å². The van der Waals surface area contributed by atoms with Gasteiger partial charge in [0, 0.05) is 15.8 Å². The molecular weight excluding hydrogens is 386 g/mol. The summed E-state index contributed by atoms with van der Waals surface area (Å²) < 4.78 is 2.29. The second kappa shape index (κ2) is 6.12. The van der Waals surface area contributed by atoms with E-state index in [0.29, 0.717) is 0 Å². The van der Waals surface area contributed by atoms with Gasteiger partial charge in [0.15, 0.2) is 11.6 Å². The normalized spacial score (nSPS) is 11.6. The van der Waals surface area contributed by atoms with Crippen LogP contribution >= 0.6 is 22.7 Å². The Kier molecular flexibility index (Phi) is 3.44. The van der Waals surface area contributed by atoms with Crippen LogP contribution in [0.4, 0.5) is 11.5 Å². The molecule has 0 aliphatic heterocycles. The van der Waals surface area contributed by atoms with Crippen LogP contribution in [0.15, 0.2) is 66.2 Å². The van der Waals surface area contributed by atoms with Gasteiger partial charge in [-0.1, -0.05) is 18.2 Å². The van der Waals surface area contributed by atoms with Crippen LogP contribution in [-0.2, 0) is 0 Å². The van der Waals surface area contributed by atoms with E-state index in [9.17, 15) is 0 Å². The van der Waals surface area contributed by atoms with Crippen molar-refractivity contribution < 1.29 is 0 Å². The predicted molar refractivity (Wildman–Crippen MR) is 118 cm³/mol. The van der Waals surface area contributed by atoms with Gasteiger partial charge in [-0.3, -0.25) is 5.10 Å². The molecule has 0 atom stereocenters. The molecule has 0 amide bonds. The summed E-state index contributed by atoms with van der Waals surface area (Å²) >= 11 is 3.36. The maximum atomic E-state index is 4.88. The zero-order valence-electron chi connectivity index (χ0n) is 14.5. The van der Waals surface area contributed by atoms with E-state index in [2.05, 4.69) is 57.3 Å². The molecule has 134 valence electrons. The molecule has 6 rings (SSSR count). The summed E-state index contributed by atoms with van der Waals surface area (Å²) in [5.41, 5.74) is 2.95. The fraction of sp³-hybridized carbons (Fsp3) is 0. The summed E-state index contributed by atoms with van der Waals surface area (Å²) in [6.45, 7) is 0. The molecule has 0 saturated heterocycles. The van der Waals surface area contributed by atoms with Crippen molar-refractivity contribution in [2.24, 2.45) is 0 Å². The summed E-state index contributed by atoms with van der Waals surface area (Å²) in [5.74, 6) is 1.58. The quantitative estimate of drug-likeness (QED) is 0.372. The van der Waals surface area contributed by atoms with E-state index >= 15 is 0 Å². The number of rotatable bonds is 3. The molecule has 0 aliphatic rings. The van der Waals surface area contributed by atoms with Gasteiger partial charge in [0.2, 0.25) is 0 Å². The first kappa shape index (κ1) is 15.7. The van der Waals surface area contributed by atoms with E-state index in [1.165, 1.54) is 10.1 Å². The zero-order valence-corrected chi connectivity index (χ0v) is 16.1. The van der Waals surface area contributed by atoms with E-state index < -0.39 is 0 Å². The smallest absolute Gasteiger partial charge is 0.172 e. The second-order valence-electron chi connectivity index (χ2n) is 6.48. The third kappa shape index (κ3) is 2.56. The van der Waals surface area contributed by atoms with Gasteiger partial charge in [-0.2, -0.15) is 5.10 Å². The molecule has 0 bridgehead atoms. The summed E-state index contributed by atoms with van der Waals surface area (Å²) in [6.07, 6.45) is 1.82. The average Bonchev–Trinajstić information content (AvgIpc) is 3.45. The van der Waals surface area contributed by atoms with Crippen LogP contribution in [0.3, 0.4) is 0 Å². The molecule has 5 nitrogen and oxygen atoms in total. The standard InChI is InChI=1S/C21H13N5S2/c1-2-4-17-12(3-1)10-18(28-17)20-24-16-7-8-27-19(16)21(25-20)23-14-5-6-15-13(9-14)11-22-26-15/h1-11H,(H,22,26)(H,23,24,25). The highest BCUT2D eigenvalue weighted by molar-refractivity contribution is 7.22. The number of hydrogen-bond donors (Lipinski definition) is 2. The molecule has 0 aliphatic carbocycles. The first-order valence-corrected chi connectivity index (χ1v) is 10.5. The molecule has 6 aromatic rings. The Balaban J connectivity index is 1.48. The molecule has 7 heteroatoms. The minimum absolute atomic E-state index is 0.749. The highest BCUT2D eigenvalue weighted by Gasteiger charge is 2.13. The first-order chi connectivity index (χ1) is 13.8. The largest absolute Gasteiger partial charge is 0.339 e. The summed E-state index contributed by atoms with van der Waals surface area (Å²) in [7, 11) is 0. The van der Waals surface area contributed by atoms with E-state index in [4.69, 9.17) is 9.97 Å². The molecule has 0 spiro atoms. The Labute approximate surface area is 167 Å². The molecule has 0 radical (unpaired) electrons. The van der Waals surface area contributed by atoms with Crippen molar-refractivity contribution in [2.45, 2.75) is 0 Å². The van der Waals surface area contributed by atoms with Gasteiger partial charge in [0.1, 0.15) is 0 Å². The lowest BCUT2D eigenvalue weighted by Crippen LogP contribution is -1.97. The number of hydrogen-bond acceptors (Lipinski definition) is 6. The van der Waals surface area contributed by atoms with Crippen molar-refractivity contribution in [1.82, 2.24) is 20.2 Å². The van der Waals surface area contributed by atoms with E-state index in [0.717, 1.165) is 43.3 Å². The van der Waals surface area contributed by atoms with Crippen LogP contribution in [0.5, 0.6) is 0 Å². The van der Waals surface area contributed by atoms with Crippen LogP contribution < -0.4 is 5.32 Å². The SMILES string of the molecule is c1ccc2sc(-c3nc(Nc4ccc5[nH]ncc5c4)c4sccc4n3)cc2c1. The van der Waals surface area contributed by atoms with Crippen LogP contribution in [0.25, 0.3) is 41.9 Å². The molecule has 28 heavy (non-hydrogen) atoms. The van der Waals surface area contributed by atoms with Crippen molar-refractivity contribution in [1.29, 1.82) is 0 Å². The van der Waals surface area contributed by atoms with Crippen LogP contribution in [-0.4, -0.2) is 20.2 Å². The lowest BCUT2D eigenvalue weighted by molar-refractivity contribution is 1.12. The second-order valence-corrected chi connectivity index (χ2v) is 8.48. The van der Waals surface area contributed by atoms with Crippen molar-refractivity contribution in [3.05, 3.63) is 66.2 Å². The lowest BCUT2D eigenvalue weighted by atomic mass is 10.2. The maximum absolute atomic E-state index is 4.88. The number of nitrogens with zero attached hydrogens (tertiary/aromatic N) is 3. The Hall–Kier alpha value is -3.29. The fourth-order valence-corrected chi connectivity index (χ4v) is 5.08. The van der Waals surface area contributed by atoms with Crippen molar-refractivity contribution in [3.63, 3.8) is 0 Å². The highest BCUT2D eigenvalue weighted by Crippen LogP contribution is 2.36. The summed E-state index contributed by atoms with van der Waals surface area (Å²) in [4.78, 5) is 10.7. The molecule has 4 heterocycles. The average molecular weight is 400 g/mol. The van der Waals surface area contributed by atoms with E-state index in [1.807, 2.05) is 24.4 Å². The molecule has 4 aromatic heterocycles. The number of nitrogens with one attached hydrogen (secondary N) is 2. The van der Waals surface area contributed by atoms with Gasteiger partial charge in [0.05, 0.1) is 26.8 Å². The van der Waals surface area contributed by atoms with Gasteiger partial charge in [-0.25, -0.2) is 9.97 Å². The topological polar surface area (TPSA) is 66.5 Å². The molecule has 2 N–H and O–H groups in total. The minimum Gasteiger partial charge on any atom is -0.339 e. The Morgan fingerprint density at radius 2 is 1.89 bits per heavy atom. The zero-order chi connectivity index (χ0) is 18.5. The van der Waals surface area contributed by atoms with Gasteiger partial charge < -0.3 is 5.32 Å². The Morgan fingerprint density at radius 3 is 2.86 bits per heavy atom. The maximum Gasteiger partial charge on any atom is 0.172 e. The number of H-pyrrole nitrogens is 1. The van der Waals surface area contributed by atoms with Gasteiger partial charge >= 0.3 is 0 Å². The fourth-order valence-electron chi connectivity index (χ4n) is 3.31. The van der Waals surface area contributed by atoms with E-state index in [1.54, 1.807) is 22.7 Å². The number of fused-ring (bicyclic) bond motifs is 3. The summed E-state index contributed by atoms with van der Waals surface area (Å²) in [5, 5.41) is 14.9. The van der Waals surface area contributed by atoms with Crippen molar-refractivity contribution in [2.75, 3.05) is 5.32 Å². The lowest BCUT2D eigenvalue weighted by Gasteiger charge is -2.08.